The minimum atomic E-state index is -0.800. The summed E-state index contributed by atoms with van der Waals surface area (Å²) in [5, 5.41) is 3.05. The SMILES string of the molecule is Cc1cc(Br)ccc1N1C(=O)NC(=O)/C(=C/c2cn(CC(=O)N3CCOCC3)c3ccccc23)C1=O. The van der Waals surface area contributed by atoms with Crippen LogP contribution in [-0.2, 0) is 25.7 Å². The van der Waals surface area contributed by atoms with Gasteiger partial charge in [0.2, 0.25) is 5.91 Å². The van der Waals surface area contributed by atoms with Crippen molar-refractivity contribution in [3.05, 3.63) is 69.8 Å². The number of barbiturate groups is 1. The van der Waals surface area contributed by atoms with Crippen molar-refractivity contribution in [1.82, 2.24) is 14.8 Å². The molecular formula is C26H23BrN4O5. The van der Waals surface area contributed by atoms with Gasteiger partial charge in [-0.3, -0.25) is 19.7 Å². The number of ether oxygens (including phenoxy) is 1. The lowest BCUT2D eigenvalue weighted by molar-refractivity contribution is -0.135. The largest absolute Gasteiger partial charge is 0.378 e. The van der Waals surface area contributed by atoms with E-state index in [2.05, 4.69) is 21.2 Å². The van der Waals surface area contributed by atoms with Crippen molar-refractivity contribution in [2.45, 2.75) is 13.5 Å². The van der Waals surface area contributed by atoms with Crippen LogP contribution in [0.1, 0.15) is 11.1 Å². The number of urea groups is 1. The van der Waals surface area contributed by atoms with Crippen molar-refractivity contribution in [2.75, 3.05) is 31.2 Å². The number of halogens is 1. The zero-order valence-corrected chi connectivity index (χ0v) is 21.1. The molecule has 5 rings (SSSR count). The number of nitrogens with one attached hydrogen (secondary N) is 1. The van der Waals surface area contributed by atoms with Crippen LogP contribution in [0.2, 0.25) is 0 Å². The highest BCUT2D eigenvalue weighted by molar-refractivity contribution is 9.10. The van der Waals surface area contributed by atoms with E-state index in [4.69, 9.17) is 4.74 Å². The van der Waals surface area contributed by atoms with Crippen LogP contribution in [0.3, 0.4) is 0 Å². The molecule has 0 saturated carbocycles. The fraction of sp³-hybridized carbons (Fsp3) is 0.231. The quantitative estimate of drug-likeness (QED) is 0.397. The molecule has 3 heterocycles. The van der Waals surface area contributed by atoms with Crippen LogP contribution < -0.4 is 10.2 Å². The highest BCUT2D eigenvalue weighted by Gasteiger charge is 2.37. The van der Waals surface area contributed by atoms with Gasteiger partial charge >= 0.3 is 6.03 Å². The molecule has 5 amide bonds. The Morgan fingerprint density at radius 1 is 1.11 bits per heavy atom. The standard InChI is InChI=1S/C26H23BrN4O5/c1-16-12-18(27)6-7-21(16)31-25(34)20(24(33)28-26(31)35)13-17-14-30(22-5-3-2-4-19(17)22)15-23(32)29-8-10-36-11-9-29/h2-7,12-14H,8-11,15H2,1H3,(H,28,33,35)/b20-13-. The molecule has 2 aliphatic rings. The van der Waals surface area contributed by atoms with Gasteiger partial charge < -0.3 is 14.2 Å². The van der Waals surface area contributed by atoms with E-state index in [1.807, 2.05) is 28.8 Å². The van der Waals surface area contributed by atoms with Gasteiger partial charge in [-0.1, -0.05) is 34.1 Å². The molecule has 1 N–H and O–H groups in total. The highest BCUT2D eigenvalue weighted by atomic mass is 79.9. The van der Waals surface area contributed by atoms with E-state index in [9.17, 15) is 19.2 Å². The molecule has 0 atom stereocenters. The van der Waals surface area contributed by atoms with Gasteiger partial charge in [0.1, 0.15) is 12.1 Å². The van der Waals surface area contributed by atoms with E-state index < -0.39 is 17.8 Å². The molecule has 2 aromatic carbocycles. The summed E-state index contributed by atoms with van der Waals surface area (Å²) in [6.45, 7) is 4.01. The molecule has 2 saturated heterocycles. The van der Waals surface area contributed by atoms with Gasteiger partial charge in [0.25, 0.3) is 11.8 Å². The number of anilines is 1. The number of benzene rings is 2. The average molecular weight is 551 g/mol. The Labute approximate surface area is 215 Å². The molecule has 0 spiro atoms. The molecule has 1 aromatic heterocycles. The number of rotatable bonds is 4. The van der Waals surface area contributed by atoms with Crippen LogP contribution in [0.5, 0.6) is 0 Å². The molecule has 10 heteroatoms. The van der Waals surface area contributed by atoms with Crippen molar-refractivity contribution in [1.29, 1.82) is 0 Å². The van der Waals surface area contributed by atoms with Crippen molar-refractivity contribution in [3.8, 4) is 0 Å². The Bertz CT molecular complexity index is 1440. The molecule has 2 fully saturated rings. The lowest BCUT2D eigenvalue weighted by atomic mass is 10.1. The molecule has 0 bridgehead atoms. The molecule has 36 heavy (non-hydrogen) atoms. The number of amides is 5. The number of carbonyl (C=O) groups excluding carboxylic acids is 4. The normalized spacial score (nSPS) is 17.7. The van der Waals surface area contributed by atoms with E-state index in [1.54, 1.807) is 36.2 Å². The van der Waals surface area contributed by atoms with E-state index in [1.165, 1.54) is 6.08 Å². The predicted molar refractivity (Wildman–Crippen MR) is 137 cm³/mol. The molecule has 0 aliphatic carbocycles. The van der Waals surface area contributed by atoms with Crippen LogP contribution >= 0.6 is 15.9 Å². The Balaban J connectivity index is 1.51. The number of carbonyl (C=O) groups is 4. The Hall–Kier alpha value is -3.76. The molecule has 184 valence electrons. The third kappa shape index (κ3) is 4.45. The van der Waals surface area contributed by atoms with Crippen molar-refractivity contribution in [3.63, 3.8) is 0 Å². The van der Waals surface area contributed by atoms with Gasteiger partial charge in [0, 0.05) is 40.2 Å². The number of aromatic nitrogens is 1. The fourth-order valence-electron chi connectivity index (χ4n) is 4.48. The van der Waals surface area contributed by atoms with E-state index in [0.717, 1.165) is 20.3 Å². The number of hydrogen-bond donors (Lipinski definition) is 1. The first-order valence-electron chi connectivity index (χ1n) is 11.4. The van der Waals surface area contributed by atoms with Crippen LogP contribution in [0, 0.1) is 6.92 Å². The zero-order chi connectivity index (χ0) is 25.4. The number of aryl methyl sites for hydroxylation is 1. The minimum Gasteiger partial charge on any atom is -0.378 e. The summed E-state index contributed by atoms with van der Waals surface area (Å²) in [6.07, 6.45) is 3.23. The molecular weight excluding hydrogens is 528 g/mol. The number of para-hydroxylation sites is 1. The van der Waals surface area contributed by atoms with E-state index in [0.29, 0.717) is 43.1 Å². The maximum Gasteiger partial charge on any atom is 0.335 e. The summed E-state index contributed by atoms with van der Waals surface area (Å²) in [4.78, 5) is 54.4. The summed E-state index contributed by atoms with van der Waals surface area (Å²) in [5.41, 5.74) is 2.31. The third-order valence-corrected chi connectivity index (χ3v) is 6.78. The number of morpholine rings is 1. The summed E-state index contributed by atoms with van der Waals surface area (Å²) in [6, 6.07) is 11.8. The lowest BCUT2D eigenvalue weighted by Crippen LogP contribution is -2.54. The molecule has 0 unspecified atom stereocenters. The van der Waals surface area contributed by atoms with Gasteiger partial charge in [0.15, 0.2) is 0 Å². The third-order valence-electron chi connectivity index (χ3n) is 6.29. The number of fused-ring (bicyclic) bond motifs is 1. The smallest absolute Gasteiger partial charge is 0.335 e. The first-order chi connectivity index (χ1) is 17.3. The number of hydrogen-bond acceptors (Lipinski definition) is 5. The Morgan fingerprint density at radius 2 is 1.86 bits per heavy atom. The Kier molecular flexibility index (Phi) is 6.46. The van der Waals surface area contributed by atoms with Crippen LogP contribution in [0.15, 0.2) is 58.7 Å². The maximum absolute atomic E-state index is 13.4. The summed E-state index contributed by atoms with van der Waals surface area (Å²) in [5.74, 6) is -1.51. The second-order valence-electron chi connectivity index (χ2n) is 8.61. The monoisotopic (exact) mass is 550 g/mol. The Morgan fingerprint density at radius 3 is 2.61 bits per heavy atom. The summed E-state index contributed by atoms with van der Waals surface area (Å²) >= 11 is 3.38. The molecule has 0 radical (unpaired) electrons. The molecule has 2 aliphatic heterocycles. The van der Waals surface area contributed by atoms with E-state index in [-0.39, 0.29) is 18.0 Å². The zero-order valence-electron chi connectivity index (χ0n) is 19.5. The van der Waals surface area contributed by atoms with Crippen molar-refractivity contribution >= 4 is 62.3 Å². The predicted octanol–water partition coefficient (Wildman–Crippen LogP) is 3.24. The van der Waals surface area contributed by atoms with Crippen molar-refractivity contribution in [2.24, 2.45) is 0 Å². The highest BCUT2D eigenvalue weighted by Crippen LogP contribution is 2.29. The van der Waals surface area contributed by atoms with Crippen LogP contribution in [0.4, 0.5) is 10.5 Å². The van der Waals surface area contributed by atoms with Crippen LogP contribution in [-0.4, -0.2) is 59.5 Å². The minimum absolute atomic E-state index is 0.0350. The van der Waals surface area contributed by atoms with Crippen LogP contribution in [0.25, 0.3) is 17.0 Å². The topological polar surface area (TPSA) is 101 Å². The van der Waals surface area contributed by atoms with E-state index >= 15 is 0 Å². The lowest BCUT2D eigenvalue weighted by Gasteiger charge is -2.27. The maximum atomic E-state index is 13.4. The summed E-state index contributed by atoms with van der Waals surface area (Å²) in [7, 11) is 0. The number of nitrogens with zero attached hydrogens (tertiary/aromatic N) is 3. The second kappa shape index (κ2) is 9.71. The van der Waals surface area contributed by atoms with Gasteiger partial charge in [-0.2, -0.15) is 0 Å². The van der Waals surface area contributed by atoms with Crippen molar-refractivity contribution < 1.29 is 23.9 Å². The average Bonchev–Trinajstić information content (AvgIpc) is 3.20. The van der Waals surface area contributed by atoms with Gasteiger partial charge in [-0.25, -0.2) is 9.69 Å². The number of imide groups is 2. The second-order valence-corrected chi connectivity index (χ2v) is 9.53. The molecule has 9 nitrogen and oxygen atoms in total. The first kappa shape index (κ1) is 24.0. The summed E-state index contributed by atoms with van der Waals surface area (Å²) < 4.78 is 7.95. The van der Waals surface area contributed by atoms with Gasteiger partial charge in [-0.15, -0.1) is 0 Å². The molecule has 3 aromatic rings. The fourth-order valence-corrected chi connectivity index (χ4v) is 4.96. The van der Waals surface area contributed by atoms with Gasteiger partial charge in [-0.05, 0) is 42.8 Å². The van der Waals surface area contributed by atoms with Gasteiger partial charge in [0.05, 0.1) is 18.9 Å². The first-order valence-corrected chi connectivity index (χ1v) is 12.2.